The van der Waals surface area contributed by atoms with Crippen LogP contribution in [0.15, 0.2) is 0 Å². The molecule has 19 heavy (non-hydrogen) atoms. The van der Waals surface area contributed by atoms with Gasteiger partial charge >= 0.3 is 0 Å². The molecule has 0 aromatic heterocycles. The Hall–Kier alpha value is -0.0900. The van der Waals surface area contributed by atoms with Crippen LogP contribution in [-0.2, 0) is 9.84 Å². The highest BCUT2D eigenvalue weighted by atomic mass is 32.2. The SMILES string of the molecule is CCCNC(CCCS(C)(=O)=O)C(CCC)CCC. The number of sulfone groups is 1. The molecule has 4 heteroatoms. The normalized spacial score (nSPS) is 13.9. The lowest BCUT2D eigenvalue weighted by atomic mass is 9.88. The Kier molecular flexibility index (Phi) is 10.6. The van der Waals surface area contributed by atoms with Crippen molar-refractivity contribution in [3.05, 3.63) is 0 Å². The van der Waals surface area contributed by atoms with Crippen LogP contribution in [0.1, 0.15) is 65.7 Å². The molecule has 3 nitrogen and oxygen atoms in total. The lowest BCUT2D eigenvalue weighted by molar-refractivity contribution is 0.295. The molecule has 1 N–H and O–H groups in total. The Labute approximate surface area is 120 Å². The van der Waals surface area contributed by atoms with Crippen molar-refractivity contribution in [3.8, 4) is 0 Å². The molecule has 0 aromatic carbocycles. The summed E-state index contributed by atoms with van der Waals surface area (Å²) in [4.78, 5) is 0. The Morgan fingerprint density at radius 1 is 0.947 bits per heavy atom. The highest BCUT2D eigenvalue weighted by Gasteiger charge is 2.19. The Morgan fingerprint density at radius 3 is 1.95 bits per heavy atom. The van der Waals surface area contributed by atoms with Crippen LogP contribution in [0.25, 0.3) is 0 Å². The van der Waals surface area contributed by atoms with Gasteiger partial charge in [0.25, 0.3) is 0 Å². The molecule has 0 amide bonds. The molecule has 0 aromatic rings. The van der Waals surface area contributed by atoms with E-state index < -0.39 is 9.84 Å². The zero-order chi connectivity index (χ0) is 14.7. The van der Waals surface area contributed by atoms with Crippen LogP contribution in [0.2, 0.25) is 0 Å². The summed E-state index contributed by atoms with van der Waals surface area (Å²) in [6, 6.07) is 0.488. The van der Waals surface area contributed by atoms with E-state index in [1.807, 2.05) is 0 Å². The summed E-state index contributed by atoms with van der Waals surface area (Å²) in [5, 5.41) is 3.63. The lowest BCUT2D eigenvalue weighted by Crippen LogP contribution is -2.37. The first kappa shape index (κ1) is 18.9. The minimum absolute atomic E-state index is 0.322. The summed E-state index contributed by atoms with van der Waals surface area (Å²) in [6.07, 6.45) is 9.14. The number of nitrogens with one attached hydrogen (secondary N) is 1. The van der Waals surface area contributed by atoms with Crippen molar-refractivity contribution in [2.75, 3.05) is 18.6 Å². The van der Waals surface area contributed by atoms with Crippen LogP contribution in [0.3, 0.4) is 0 Å². The molecule has 0 saturated heterocycles. The third kappa shape index (κ3) is 10.4. The van der Waals surface area contributed by atoms with Crippen molar-refractivity contribution >= 4 is 9.84 Å². The fraction of sp³-hybridized carbons (Fsp3) is 1.00. The zero-order valence-electron chi connectivity index (χ0n) is 13.2. The molecule has 0 spiro atoms. The quantitative estimate of drug-likeness (QED) is 0.599. The first-order chi connectivity index (χ1) is 8.94. The van der Waals surface area contributed by atoms with Crippen LogP contribution in [-0.4, -0.2) is 33.0 Å². The van der Waals surface area contributed by atoms with Gasteiger partial charge in [0.05, 0.1) is 0 Å². The molecule has 0 aliphatic heterocycles. The van der Waals surface area contributed by atoms with Crippen LogP contribution in [0.5, 0.6) is 0 Å². The maximum atomic E-state index is 11.2. The summed E-state index contributed by atoms with van der Waals surface area (Å²) in [6.45, 7) is 7.68. The largest absolute Gasteiger partial charge is 0.314 e. The van der Waals surface area contributed by atoms with Crippen LogP contribution < -0.4 is 5.32 Å². The Bertz CT molecular complexity index is 295. The van der Waals surface area contributed by atoms with E-state index in [2.05, 4.69) is 26.1 Å². The van der Waals surface area contributed by atoms with Gasteiger partial charge in [-0.2, -0.15) is 0 Å². The monoisotopic (exact) mass is 291 g/mol. The second-order valence-corrected chi connectivity index (χ2v) is 7.93. The lowest BCUT2D eigenvalue weighted by Gasteiger charge is -2.28. The number of hydrogen-bond donors (Lipinski definition) is 1. The van der Waals surface area contributed by atoms with E-state index in [1.165, 1.54) is 31.9 Å². The van der Waals surface area contributed by atoms with E-state index in [4.69, 9.17) is 0 Å². The van der Waals surface area contributed by atoms with Crippen molar-refractivity contribution in [1.29, 1.82) is 0 Å². The fourth-order valence-corrected chi connectivity index (χ4v) is 3.38. The van der Waals surface area contributed by atoms with Crippen LogP contribution >= 0.6 is 0 Å². The second kappa shape index (κ2) is 10.7. The van der Waals surface area contributed by atoms with Gasteiger partial charge in [0.15, 0.2) is 0 Å². The van der Waals surface area contributed by atoms with Crippen molar-refractivity contribution < 1.29 is 8.42 Å². The summed E-state index contributed by atoms with van der Waals surface area (Å²) >= 11 is 0. The molecule has 1 atom stereocenters. The topological polar surface area (TPSA) is 46.2 Å². The van der Waals surface area contributed by atoms with Gasteiger partial charge in [0, 0.05) is 18.1 Å². The molecule has 116 valence electrons. The molecule has 0 aliphatic rings. The second-order valence-electron chi connectivity index (χ2n) is 5.67. The predicted molar refractivity (Wildman–Crippen MR) is 84.3 cm³/mol. The maximum Gasteiger partial charge on any atom is 0.147 e. The molecule has 0 heterocycles. The summed E-state index contributed by atoms with van der Waals surface area (Å²) in [5.74, 6) is 1.02. The van der Waals surface area contributed by atoms with E-state index in [9.17, 15) is 8.42 Å². The molecule has 0 saturated carbocycles. The van der Waals surface area contributed by atoms with Crippen molar-refractivity contribution in [3.63, 3.8) is 0 Å². The standard InChI is InChI=1S/C15H33NO2S/c1-5-9-14(10-6-2)15(16-12-7-3)11-8-13-19(4,17)18/h14-16H,5-13H2,1-4H3. The van der Waals surface area contributed by atoms with Crippen molar-refractivity contribution in [1.82, 2.24) is 5.32 Å². The third-order valence-corrected chi connectivity index (χ3v) is 4.61. The molecular weight excluding hydrogens is 258 g/mol. The predicted octanol–water partition coefficient (Wildman–Crippen LogP) is 3.40. The smallest absolute Gasteiger partial charge is 0.147 e. The Balaban J connectivity index is 4.39. The first-order valence-electron chi connectivity index (χ1n) is 7.85. The van der Waals surface area contributed by atoms with E-state index in [-0.39, 0.29) is 0 Å². The highest BCUT2D eigenvalue weighted by molar-refractivity contribution is 7.90. The van der Waals surface area contributed by atoms with E-state index in [0.717, 1.165) is 25.8 Å². The Morgan fingerprint density at radius 2 is 1.53 bits per heavy atom. The van der Waals surface area contributed by atoms with Crippen molar-refractivity contribution in [2.45, 2.75) is 71.8 Å². The minimum atomic E-state index is -2.82. The van der Waals surface area contributed by atoms with Gasteiger partial charge in [-0.05, 0) is 44.6 Å². The van der Waals surface area contributed by atoms with E-state index >= 15 is 0 Å². The van der Waals surface area contributed by atoms with Gasteiger partial charge in [-0.15, -0.1) is 0 Å². The molecule has 0 fully saturated rings. The maximum absolute atomic E-state index is 11.2. The average molecular weight is 292 g/mol. The van der Waals surface area contributed by atoms with Gasteiger partial charge in [-0.25, -0.2) is 8.42 Å². The molecule has 0 rings (SSSR count). The van der Waals surface area contributed by atoms with E-state index in [1.54, 1.807) is 0 Å². The highest BCUT2D eigenvalue weighted by Crippen LogP contribution is 2.21. The van der Waals surface area contributed by atoms with Crippen LogP contribution in [0.4, 0.5) is 0 Å². The molecule has 0 aliphatic carbocycles. The fourth-order valence-electron chi connectivity index (χ4n) is 2.69. The summed E-state index contributed by atoms with van der Waals surface area (Å²) in [5.41, 5.74) is 0. The number of rotatable bonds is 12. The molecular formula is C15H33NO2S. The summed E-state index contributed by atoms with van der Waals surface area (Å²) < 4.78 is 22.5. The molecule has 1 unspecified atom stereocenters. The van der Waals surface area contributed by atoms with Gasteiger partial charge in [0.1, 0.15) is 9.84 Å². The van der Waals surface area contributed by atoms with Crippen molar-refractivity contribution in [2.24, 2.45) is 5.92 Å². The first-order valence-corrected chi connectivity index (χ1v) is 9.91. The molecule has 0 radical (unpaired) electrons. The minimum Gasteiger partial charge on any atom is -0.314 e. The van der Waals surface area contributed by atoms with Gasteiger partial charge in [0.2, 0.25) is 0 Å². The van der Waals surface area contributed by atoms with Gasteiger partial charge in [-0.1, -0.05) is 33.6 Å². The molecule has 0 bridgehead atoms. The van der Waals surface area contributed by atoms with Gasteiger partial charge < -0.3 is 5.32 Å². The zero-order valence-corrected chi connectivity index (χ0v) is 14.1. The third-order valence-electron chi connectivity index (χ3n) is 3.57. The summed E-state index contributed by atoms with van der Waals surface area (Å²) in [7, 11) is -2.82. The van der Waals surface area contributed by atoms with Gasteiger partial charge in [-0.3, -0.25) is 0 Å². The van der Waals surface area contributed by atoms with E-state index in [0.29, 0.717) is 17.7 Å². The van der Waals surface area contributed by atoms with Crippen LogP contribution in [0, 0.1) is 5.92 Å². The average Bonchev–Trinajstić information content (AvgIpc) is 2.32. The number of hydrogen-bond acceptors (Lipinski definition) is 3.